The van der Waals surface area contributed by atoms with Crippen molar-refractivity contribution in [2.75, 3.05) is 32.7 Å². The van der Waals surface area contributed by atoms with Gasteiger partial charge in [0.1, 0.15) is 0 Å². The van der Waals surface area contributed by atoms with Crippen LogP contribution in [0.5, 0.6) is 0 Å². The van der Waals surface area contributed by atoms with Crippen LogP contribution in [0.25, 0.3) is 0 Å². The van der Waals surface area contributed by atoms with Gasteiger partial charge in [0.25, 0.3) is 0 Å². The van der Waals surface area contributed by atoms with Gasteiger partial charge in [0.15, 0.2) is 5.78 Å². The lowest BCUT2D eigenvalue weighted by Gasteiger charge is -2.26. The first-order chi connectivity index (χ1) is 6.74. The lowest BCUT2D eigenvalue weighted by Crippen LogP contribution is -2.46. The highest BCUT2D eigenvalue weighted by Gasteiger charge is 2.15. The monoisotopic (exact) mass is 197 g/mol. The first kappa shape index (κ1) is 11.3. The van der Waals surface area contributed by atoms with E-state index in [0.717, 1.165) is 32.6 Å². The van der Waals surface area contributed by atoms with Gasteiger partial charge >= 0.3 is 0 Å². The zero-order chi connectivity index (χ0) is 10.4. The third kappa shape index (κ3) is 3.55. The van der Waals surface area contributed by atoms with Crippen molar-refractivity contribution in [3.05, 3.63) is 0 Å². The van der Waals surface area contributed by atoms with E-state index in [1.165, 1.54) is 0 Å². The van der Waals surface area contributed by atoms with Crippen molar-refractivity contribution in [2.24, 2.45) is 0 Å². The molecule has 4 heteroatoms. The van der Waals surface area contributed by atoms with Crippen molar-refractivity contribution in [1.29, 1.82) is 5.41 Å². The van der Waals surface area contributed by atoms with Crippen molar-refractivity contribution < 1.29 is 4.79 Å². The van der Waals surface area contributed by atoms with Crippen LogP contribution in [0.2, 0.25) is 0 Å². The normalized spacial score (nSPS) is 18.1. The Labute approximate surface area is 85.2 Å². The van der Waals surface area contributed by atoms with Gasteiger partial charge in [-0.2, -0.15) is 0 Å². The van der Waals surface area contributed by atoms with Gasteiger partial charge < -0.3 is 10.7 Å². The number of Topliss-reactive ketones (excluding diaryl/α,β-unsaturated/α-hetero) is 1. The average molecular weight is 197 g/mol. The number of piperazine rings is 1. The molecule has 1 aliphatic heterocycles. The average Bonchev–Trinajstić information content (AvgIpc) is 2.19. The van der Waals surface area contributed by atoms with Crippen LogP contribution >= 0.6 is 0 Å². The molecule has 0 saturated carbocycles. The molecule has 0 radical (unpaired) electrons. The van der Waals surface area contributed by atoms with Gasteiger partial charge in [0.2, 0.25) is 0 Å². The molecule has 0 aromatic heterocycles. The van der Waals surface area contributed by atoms with Crippen molar-refractivity contribution in [3.8, 4) is 0 Å². The Kier molecular flexibility index (Phi) is 4.76. The van der Waals surface area contributed by atoms with Gasteiger partial charge in [-0.25, -0.2) is 0 Å². The predicted molar refractivity (Wildman–Crippen MR) is 57.0 cm³/mol. The Morgan fingerprint density at radius 2 is 2.07 bits per heavy atom. The summed E-state index contributed by atoms with van der Waals surface area (Å²) >= 11 is 0. The van der Waals surface area contributed by atoms with E-state index < -0.39 is 0 Å². The van der Waals surface area contributed by atoms with Gasteiger partial charge in [-0.05, 0) is 6.42 Å². The van der Waals surface area contributed by atoms with E-state index in [9.17, 15) is 4.79 Å². The van der Waals surface area contributed by atoms with E-state index >= 15 is 0 Å². The molecule has 0 aliphatic carbocycles. The van der Waals surface area contributed by atoms with E-state index in [4.69, 9.17) is 5.41 Å². The van der Waals surface area contributed by atoms with Crippen LogP contribution in [0.3, 0.4) is 0 Å². The number of hydrogen-bond acceptors (Lipinski definition) is 4. The van der Waals surface area contributed by atoms with Crippen molar-refractivity contribution in [1.82, 2.24) is 10.2 Å². The lowest BCUT2D eigenvalue weighted by atomic mass is 10.1. The molecule has 1 saturated heterocycles. The molecule has 1 fully saturated rings. The molecule has 0 atom stereocenters. The van der Waals surface area contributed by atoms with Crippen molar-refractivity contribution >= 4 is 11.5 Å². The van der Waals surface area contributed by atoms with Crippen LogP contribution in [-0.4, -0.2) is 49.1 Å². The molecule has 1 rings (SSSR count). The van der Waals surface area contributed by atoms with Gasteiger partial charge in [-0.3, -0.25) is 9.69 Å². The molecule has 0 spiro atoms. The SMILES string of the molecule is CCCC(=N)C(=O)CN1CCNCC1. The van der Waals surface area contributed by atoms with Crippen LogP contribution < -0.4 is 5.32 Å². The number of ketones is 1. The van der Waals surface area contributed by atoms with E-state index in [1.807, 2.05) is 6.92 Å². The lowest BCUT2D eigenvalue weighted by molar-refractivity contribution is -0.114. The van der Waals surface area contributed by atoms with Crippen LogP contribution in [-0.2, 0) is 4.79 Å². The maximum atomic E-state index is 11.5. The molecule has 0 aromatic carbocycles. The summed E-state index contributed by atoms with van der Waals surface area (Å²) in [7, 11) is 0. The summed E-state index contributed by atoms with van der Waals surface area (Å²) in [5.41, 5.74) is 0.283. The second-order valence-electron chi connectivity index (χ2n) is 3.68. The van der Waals surface area contributed by atoms with Crippen LogP contribution in [0, 0.1) is 5.41 Å². The van der Waals surface area contributed by atoms with Gasteiger partial charge in [0.05, 0.1) is 12.3 Å². The fourth-order valence-corrected chi connectivity index (χ4v) is 1.56. The molecule has 1 aliphatic rings. The fourth-order valence-electron chi connectivity index (χ4n) is 1.56. The van der Waals surface area contributed by atoms with Crippen LogP contribution in [0.4, 0.5) is 0 Å². The smallest absolute Gasteiger partial charge is 0.190 e. The molecular formula is C10H19N3O. The first-order valence-corrected chi connectivity index (χ1v) is 5.27. The van der Waals surface area contributed by atoms with E-state index in [0.29, 0.717) is 13.0 Å². The number of carbonyl (C=O) groups excluding carboxylic acids is 1. The molecule has 0 unspecified atom stereocenters. The summed E-state index contributed by atoms with van der Waals surface area (Å²) in [4.78, 5) is 13.6. The second-order valence-corrected chi connectivity index (χ2v) is 3.68. The molecular weight excluding hydrogens is 178 g/mol. The van der Waals surface area contributed by atoms with Crippen LogP contribution in [0.1, 0.15) is 19.8 Å². The Bertz CT molecular complexity index is 209. The van der Waals surface area contributed by atoms with Crippen molar-refractivity contribution in [2.45, 2.75) is 19.8 Å². The third-order valence-electron chi connectivity index (χ3n) is 2.41. The standard InChI is InChI=1S/C10H19N3O/c1-2-3-9(11)10(14)8-13-6-4-12-5-7-13/h11-12H,2-8H2,1H3. The van der Waals surface area contributed by atoms with E-state index in [2.05, 4.69) is 10.2 Å². The summed E-state index contributed by atoms with van der Waals surface area (Å²) in [5.74, 6) is -0.00579. The molecule has 14 heavy (non-hydrogen) atoms. The number of hydrogen-bond donors (Lipinski definition) is 2. The van der Waals surface area contributed by atoms with Gasteiger partial charge in [-0.15, -0.1) is 0 Å². The summed E-state index contributed by atoms with van der Waals surface area (Å²) in [5, 5.41) is 10.8. The predicted octanol–water partition coefficient (Wildman–Crippen LogP) is 0.281. The van der Waals surface area contributed by atoms with Gasteiger partial charge in [-0.1, -0.05) is 13.3 Å². The Morgan fingerprint density at radius 1 is 1.43 bits per heavy atom. The third-order valence-corrected chi connectivity index (χ3v) is 2.41. The molecule has 4 nitrogen and oxygen atoms in total. The van der Waals surface area contributed by atoms with Gasteiger partial charge in [0, 0.05) is 26.2 Å². The Morgan fingerprint density at radius 3 is 2.64 bits per heavy atom. The minimum atomic E-state index is -0.00579. The number of nitrogens with zero attached hydrogens (tertiary/aromatic N) is 1. The highest BCUT2D eigenvalue weighted by molar-refractivity contribution is 6.39. The maximum Gasteiger partial charge on any atom is 0.190 e. The number of carbonyl (C=O) groups is 1. The maximum absolute atomic E-state index is 11.5. The first-order valence-electron chi connectivity index (χ1n) is 5.27. The zero-order valence-corrected chi connectivity index (χ0v) is 8.81. The Balaban J connectivity index is 2.28. The zero-order valence-electron chi connectivity index (χ0n) is 8.81. The molecule has 1 heterocycles. The Hall–Kier alpha value is -0.740. The molecule has 0 bridgehead atoms. The minimum Gasteiger partial charge on any atom is -0.314 e. The van der Waals surface area contributed by atoms with E-state index in [1.54, 1.807) is 0 Å². The van der Waals surface area contributed by atoms with Crippen LogP contribution in [0.15, 0.2) is 0 Å². The summed E-state index contributed by atoms with van der Waals surface area (Å²) in [6.45, 7) is 6.17. The fraction of sp³-hybridized carbons (Fsp3) is 0.800. The van der Waals surface area contributed by atoms with E-state index in [-0.39, 0.29) is 11.5 Å². The van der Waals surface area contributed by atoms with Crippen molar-refractivity contribution in [3.63, 3.8) is 0 Å². The molecule has 0 amide bonds. The topological polar surface area (TPSA) is 56.2 Å². The highest BCUT2D eigenvalue weighted by atomic mass is 16.1. The minimum absolute atomic E-state index is 0.00579. The summed E-state index contributed by atoms with van der Waals surface area (Å²) in [6.07, 6.45) is 1.50. The summed E-state index contributed by atoms with van der Waals surface area (Å²) < 4.78 is 0. The largest absolute Gasteiger partial charge is 0.314 e. The molecule has 2 N–H and O–H groups in total. The molecule has 80 valence electrons. The quantitative estimate of drug-likeness (QED) is 0.622. The molecule has 0 aromatic rings. The number of rotatable bonds is 5. The highest BCUT2D eigenvalue weighted by Crippen LogP contribution is 1.96. The second kappa shape index (κ2) is 5.88. The number of nitrogens with one attached hydrogen (secondary N) is 2. The summed E-state index contributed by atoms with van der Waals surface area (Å²) in [6, 6.07) is 0.